The number of nitrogens with one attached hydrogen (secondary N) is 1. The normalized spacial score (nSPS) is 16.4. The van der Waals surface area contributed by atoms with Crippen LogP contribution in [0.3, 0.4) is 0 Å². The third-order valence-corrected chi connectivity index (χ3v) is 4.99. The highest BCUT2D eigenvalue weighted by atomic mass is 16.7. The van der Waals surface area contributed by atoms with E-state index >= 15 is 0 Å². The van der Waals surface area contributed by atoms with Crippen LogP contribution >= 0.6 is 0 Å². The molecule has 1 aliphatic carbocycles. The molecule has 28 heavy (non-hydrogen) atoms. The molecule has 148 valence electrons. The van der Waals surface area contributed by atoms with Gasteiger partial charge in [-0.1, -0.05) is 12.1 Å². The van der Waals surface area contributed by atoms with Crippen molar-refractivity contribution >= 4 is 17.6 Å². The number of aryl methyl sites for hydroxylation is 2. The Balaban J connectivity index is 1.35. The number of hydrogen-bond acceptors (Lipinski definition) is 7. The van der Waals surface area contributed by atoms with Crippen LogP contribution in [0.15, 0.2) is 22.7 Å². The lowest BCUT2D eigenvalue weighted by atomic mass is 10.1. The van der Waals surface area contributed by atoms with Gasteiger partial charge in [0, 0.05) is 24.6 Å². The molecule has 0 bridgehead atoms. The fourth-order valence-corrected chi connectivity index (χ4v) is 3.61. The maximum absolute atomic E-state index is 12.2. The molecule has 1 amide bonds. The van der Waals surface area contributed by atoms with Crippen molar-refractivity contribution < 1.29 is 28.3 Å². The lowest BCUT2D eigenvalue weighted by Gasteiger charge is -2.21. The number of fused-ring (bicyclic) bond motifs is 1. The number of rotatable bonds is 5. The predicted molar refractivity (Wildman–Crippen MR) is 98.4 cm³/mol. The largest absolute Gasteiger partial charge is 0.452 e. The Kier molecular flexibility index (Phi) is 4.70. The van der Waals surface area contributed by atoms with Crippen LogP contribution in [-0.4, -0.2) is 29.4 Å². The minimum atomic E-state index is -0.625. The van der Waals surface area contributed by atoms with E-state index in [4.69, 9.17) is 18.7 Å². The van der Waals surface area contributed by atoms with Crippen molar-refractivity contribution in [1.82, 2.24) is 5.16 Å². The summed E-state index contributed by atoms with van der Waals surface area (Å²) in [6.07, 6.45) is 4.41. The number of amides is 1. The van der Waals surface area contributed by atoms with E-state index in [2.05, 4.69) is 10.5 Å². The maximum atomic E-state index is 12.2. The van der Waals surface area contributed by atoms with E-state index in [1.807, 2.05) is 6.92 Å². The first-order valence-electron chi connectivity index (χ1n) is 9.44. The van der Waals surface area contributed by atoms with Gasteiger partial charge in [0.25, 0.3) is 11.7 Å². The number of carbonyl (C=O) groups excluding carboxylic acids is 2. The summed E-state index contributed by atoms with van der Waals surface area (Å²) < 4.78 is 22.1. The van der Waals surface area contributed by atoms with Crippen LogP contribution in [0.5, 0.6) is 11.5 Å². The van der Waals surface area contributed by atoms with Gasteiger partial charge >= 0.3 is 5.97 Å². The van der Waals surface area contributed by atoms with Gasteiger partial charge in [-0.25, -0.2) is 4.79 Å². The molecular weight excluding hydrogens is 364 g/mol. The zero-order chi connectivity index (χ0) is 19.7. The topological polar surface area (TPSA) is 99.9 Å². The van der Waals surface area contributed by atoms with Gasteiger partial charge in [0.15, 0.2) is 18.1 Å². The van der Waals surface area contributed by atoms with E-state index in [1.54, 1.807) is 25.1 Å². The highest BCUT2D eigenvalue weighted by Crippen LogP contribution is 2.47. The Bertz CT molecular complexity index is 913. The molecule has 2 aliphatic rings. The van der Waals surface area contributed by atoms with E-state index in [0.717, 1.165) is 25.7 Å². The molecule has 1 aliphatic heterocycles. The van der Waals surface area contributed by atoms with Crippen molar-refractivity contribution in [1.29, 1.82) is 0 Å². The van der Waals surface area contributed by atoms with Crippen molar-refractivity contribution in [3.05, 3.63) is 35.2 Å². The molecule has 1 fully saturated rings. The van der Waals surface area contributed by atoms with Crippen LogP contribution in [0.1, 0.15) is 54.4 Å². The van der Waals surface area contributed by atoms with Gasteiger partial charge in [-0.05, 0) is 38.3 Å². The fraction of sp³-hybridized carbons (Fsp3) is 0.450. The summed E-state index contributed by atoms with van der Waals surface area (Å²) in [5, 5.41) is 6.52. The Morgan fingerprint density at radius 3 is 2.71 bits per heavy atom. The lowest BCUT2D eigenvalue weighted by molar-refractivity contribution is -0.119. The number of nitrogens with zero attached hydrogens (tertiary/aromatic N) is 1. The summed E-state index contributed by atoms with van der Waals surface area (Å²) in [5.41, 5.74) is 1.34. The lowest BCUT2D eigenvalue weighted by Crippen LogP contribution is -2.34. The second-order valence-electron chi connectivity index (χ2n) is 7.02. The Morgan fingerprint density at radius 2 is 1.96 bits per heavy atom. The molecule has 0 saturated heterocycles. The van der Waals surface area contributed by atoms with Gasteiger partial charge in [0.2, 0.25) is 0 Å². The fourth-order valence-electron chi connectivity index (χ4n) is 3.61. The van der Waals surface area contributed by atoms with Crippen molar-refractivity contribution in [3.63, 3.8) is 0 Å². The molecule has 4 rings (SSSR count). The van der Waals surface area contributed by atoms with Crippen LogP contribution in [0.25, 0.3) is 0 Å². The highest BCUT2D eigenvalue weighted by Gasteiger charge is 2.44. The van der Waals surface area contributed by atoms with E-state index in [0.29, 0.717) is 35.1 Å². The summed E-state index contributed by atoms with van der Waals surface area (Å²) in [4.78, 5) is 24.4. The van der Waals surface area contributed by atoms with Crippen LogP contribution in [0.2, 0.25) is 0 Å². The van der Waals surface area contributed by atoms with Gasteiger partial charge in [0.1, 0.15) is 11.3 Å². The Morgan fingerprint density at radius 1 is 1.21 bits per heavy atom. The molecule has 0 atom stereocenters. The molecule has 2 heterocycles. The summed E-state index contributed by atoms with van der Waals surface area (Å²) in [6, 6.07) is 5.23. The minimum Gasteiger partial charge on any atom is -0.452 e. The molecule has 0 unspecified atom stereocenters. The van der Waals surface area contributed by atoms with Crippen LogP contribution < -0.4 is 14.8 Å². The standard InChI is InChI=1S/C20H22N2O6/c1-3-14-18(12(2)28-22-14)19(24)25-11-17(23)21-13-6-7-15-16(10-13)27-20(26-15)8-4-5-9-20/h6-7,10H,3-5,8-9,11H2,1-2H3,(H,21,23). The summed E-state index contributed by atoms with van der Waals surface area (Å²) in [6.45, 7) is 3.08. The molecule has 1 spiro atoms. The first-order chi connectivity index (χ1) is 13.5. The molecular formula is C20H22N2O6. The second kappa shape index (κ2) is 7.18. The number of benzene rings is 1. The number of aromatic nitrogens is 1. The molecule has 2 aromatic rings. The van der Waals surface area contributed by atoms with Gasteiger partial charge in [-0.3, -0.25) is 4.79 Å². The van der Waals surface area contributed by atoms with E-state index < -0.39 is 24.3 Å². The monoisotopic (exact) mass is 386 g/mol. The van der Waals surface area contributed by atoms with Gasteiger partial charge in [-0.15, -0.1) is 0 Å². The molecule has 1 aromatic carbocycles. The van der Waals surface area contributed by atoms with Crippen molar-refractivity contribution in [2.45, 2.75) is 51.7 Å². The van der Waals surface area contributed by atoms with Crippen molar-refractivity contribution in [3.8, 4) is 11.5 Å². The first-order valence-corrected chi connectivity index (χ1v) is 9.44. The Labute approximate surface area is 162 Å². The third-order valence-electron chi connectivity index (χ3n) is 4.99. The number of esters is 1. The van der Waals surface area contributed by atoms with E-state index in [9.17, 15) is 9.59 Å². The van der Waals surface area contributed by atoms with Crippen LogP contribution in [0, 0.1) is 6.92 Å². The third kappa shape index (κ3) is 3.42. The number of anilines is 1. The zero-order valence-corrected chi connectivity index (χ0v) is 15.9. The van der Waals surface area contributed by atoms with E-state index in [1.165, 1.54) is 0 Å². The molecule has 1 saturated carbocycles. The molecule has 8 nitrogen and oxygen atoms in total. The summed E-state index contributed by atoms with van der Waals surface area (Å²) in [5.74, 6) is 0.0488. The molecule has 8 heteroatoms. The smallest absolute Gasteiger partial charge is 0.344 e. The highest BCUT2D eigenvalue weighted by molar-refractivity contribution is 5.96. The zero-order valence-electron chi connectivity index (χ0n) is 15.9. The molecule has 0 radical (unpaired) electrons. The van der Waals surface area contributed by atoms with Crippen molar-refractivity contribution in [2.75, 3.05) is 11.9 Å². The number of ether oxygens (including phenoxy) is 3. The quantitative estimate of drug-likeness (QED) is 0.786. The summed E-state index contributed by atoms with van der Waals surface area (Å²) >= 11 is 0. The molecule has 1 aromatic heterocycles. The average molecular weight is 386 g/mol. The van der Waals surface area contributed by atoms with Crippen LogP contribution in [-0.2, 0) is 16.0 Å². The van der Waals surface area contributed by atoms with Gasteiger partial charge < -0.3 is 24.1 Å². The minimum absolute atomic E-state index is 0.278. The Hall–Kier alpha value is -3.03. The maximum Gasteiger partial charge on any atom is 0.344 e. The first kappa shape index (κ1) is 18.3. The number of hydrogen-bond donors (Lipinski definition) is 1. The van der Waals surface area contributed by atoms with Gasteiger partial charge in [0.05, 0.1) is 5.69 Å². The van der Waals surface area contributed by atoms with Crippen molar-refractivity contribution in [2.24, 2.45) is 0 Å². The summed E-state index contributed by atoms with van der Waals surface area (Å²) in [7, 11) is 0. The number of carbonyl (C=O) groups is 2. The average Bonchev–Trinajstić information content (AvgIpc) is 3.38. The van der Waals surface area contributed by atoms with Gasteiger partial charge in [-0.2, -0.15) is 0 Å². The second-order valence-corrected chi connectivity index (χ2v) is 7.02. The SMILES string of the molecule is CCc1noc(C)c1C(=O)OCC(=O)Nc1ccc2c(c1)OC1(CCCC1)O2. The molecule has 1 N–H and O–H groups in total. The van der Waals surface area contributed by atoms with Crippen LogP contribution in [0.4, 0.5) is 5.69 Å². The van der Waals surface area contributed by atoms with E-state index in [-0.39, 0.29) is 5.56 Å². The predicted octanol–water partition coefficient (Wildman–Crippen LogP) is 3.38.